The number of Topliss-reactive ketones (excluding diaryl/α,β-unsaturated/α-hetero) is 1. The fraction of sp³-hybridized carbons (Fsp3) is 0.800. The minimum absolute atomic E-state index is 0.0370. The van der Waals surface area contributed by atoms with Crippen molar-refractivity contribution in [2.75, 3.05) is 0 Å². The van der Waals surface area contributed by atoms with Gasteiger partial charge in [0.1, 0.15) is 5.78 Å². The van der Waals surface area contributed by atoms with E-state index >= 15 is 0 Å². The van der Waals surface area contributed by atoms with Crippen molar-refractivity contribution < 1.29 is 9.90 Å². The van der Waals surface area contributed by atoms with Gasteiger partial charge in [-0.15, -0.1) is 0 Å². The van der Waals surface area contributed by atoms with Crippen LogP contribution in [0.5, 0.6) is 0 Å². The normalized spacial score (nSPS) is 13.6. The van der Waals surface area contributed by atoms with Crippen LogP contribution in [0.25, 0.3) is 0 Å². The lowest BCUT2D eigenvalue weighted by atomic mass is 10.2. The van der Waals surface area contributed by atoms with E-state index < -0.39 is 6.10 Å². The maximum Gasteiger partial charge on any atom is 0.132 e. The Balaban J connectivity index is 3.13. The Morgan fingerprint density at radius 2 is 2.29 bits per heavy atom. The van der Waals surface area contributed by atoms with Gasteiger partial charge in [0.2, 0.25) is 0 Å². The molecule has 1 atom stereocenters. The second-order valence-corrected chi connectivity index (χ2v) is 1.76. The molecule has 0 amide bonds. The van der Waals surface area contributed by atoms with E-state index in [1.807, 2.05) is 0 Å². The molecule has 2 heteroatoms. The highest BCUT2D eigenvalue weighted by Crippen LogP contribution is 1.87. The summed E-state index contributed by atoms with van der Waals surface area (Å²) in [5.74, 6) is 0.0370. The summed E-state index contributed by atoms with van der Waals surface area (Å²) in [5.41, 5.74) is 0. The van der Waals surface area contributed by atoms with Crippen LogP contribution in [-0.4, -0.2) is 17.0 Å². The highest BCUT2D eigenvalue weighted by molar-refractivity contribution is 5.75. The topological polar surface area (TPSA) is 37.3 Å². The van der Waals surface area contributed by atoms with Crippen molar-refractivity contribution in [3.8, 4) is 0 Å². The molecule has 0 fully saturated rings. The van der Waals surface area contributed by atoms with E-state index in [4.69, 9.17) is 5.11 Å². The number of hydrogen-bond acceptors (Lipinski definition) is 2. The van der Waals surface area contributed by atoms with Crippen molar-refractivity contribution in [3.05, 3.63) is 0 Å². The van der Waals surface area contributed by atoms with E-state index in [-0.39, 0.29) is 12.2 Å². The number of carbonyl (C=O) groups is 1. The summed E-state index contributed by atoms with van der Waals surface area (Å²) in [5, 5.41) is 8.50. The highest BCUT2D eigenvalue weighted by Gasteiger charge is 1.96. The first-order valence-corrected chi connectivity index (χ1v) is 2.30. The number of ketones is 1. The van der Waals surface area contributed by atoms with Gasteiger partial charge in [-0.3, -0.25) is 4.79 Å². The monoisotopic (exact) mass is 102 g/mol. The molecule has 0 radical (unpaired) electrons. The third kappa shape index (κ3) is 5.63. The summed E-state index contributed by atoms with van der Waals surface area (Å²) in [6.07, 6.45) is -0.197. The van der Waals surface area contributed by atoms with Gasteiger partial charge in [-0.1, -0.05) is 0 Å². The molecule has 0 saturated heterocycles. The SMILES string of the molecule is CC(=O)CC(C)O. The molecule has 0 aromatic rings. The van der Waals surface area contributed by atoms with Gasteiger partial charge in [0, 0.05) is 6.42 Å². The molecule has 1 N–H and O–H groups in total. The quantitative estimate of drug-likeness (QED) is 0.546. The van der Waals surface area contributed by atoms with E-state index in [1.165, 1.54) is 6.92 Å². The number of hydrogen-bond donors (Lipinski definition) is 1. The number of rotatable bonds is 2. The lowest BCUT2D eigenvalue weighted by molar-refractivity contribution is -0.118. The molecule has 0 aliphatic carbocycles. The van der Waals surface area contributed by atoms with Gasteiger partial charge in [-0.05, 0) is 13.8 Å². The molecule has 0 heterocycles. The van der Waals surface area contributed by atoms with Crippen LogP contribution in [0.2, 0.25) is 0 Å². The van der Waals surface area contributed by atoms with Crippen molar-refractivity contribution >= 4 is 5.78 Å². The smallest absolute Gasteiger partial charge is 0.132 e. The third-order valence-electron chi connectivity index (χ3n) is 0.583. The molecule has 0 rings (SSSR count). The van der Waals surface area contributed by atoms with Gasteiger partial charge in [-0.25, -0.2) is 0 Å². The van der Waals surface area contributed by atoms with E-state index in [0.29, 0.717) is 0 Å². The second-order valence-electron chi connectivity index (χ2n) is 1.76. The van der Waals surface area contributed by atoms with Crippen molar-refractivity contribution in [1.29, 1.82) is 0 Å². The largest absolute Gasteiger partial charge is 0.393 e. The summed E-state index contributed by atoms with van der Waals surface area (Å²) in [4.78, 5) is 10.1. The van der Waals surface area contributed by atoms with Crippen LogP contribution in [0.1, 0.15) is 20.3 Å². The molecular weight excluding hydrogens is 92.1 g/mol. The molecule has 0 aliphatic heterocycles. The molecule has 7 heavy (non-hydrogen) atoms. The van der Waals surface area contributed by atoms with E-state index in [1.54, 1.807) is 6.92 Å². The molecule has 0 spiro atoms. The summed E-state index contributed by atoms with van der Waals surface area (Å²) in [7, 11) is 0. The predicted molar refractivity (Wildman–Crippen MR) is 27.0 cm³/mol. The fourth-order valence-electron chi connectivity index (χ4n) is 0.416. The zero-order chi connectivity index (χ0) is 5.86. The summed E-state index contributed by atoms with van der Waals surface area (Å²) in [6.45, 7) is 3.06. The summed E-state index contributed by atoms with van der Waals surface area (Å²) in [6, 6.07) is 0. The Morgan fingerprint density at radius 1 is 1.86 bits per heavy atom. The minimum atomic E-state index is -0.475. The van der Waals surface area contributed by atoms with E-state index in [9.17, 15) is 4.79 Å². The van der Waals surface area contributed by atoms with Crippen molar-refractivity contribution in [1.82, 2.24) is 0 Å². The standard InChI is InChI=1S/C5H10O2/c1-4(6)3-5(2)7/h4,6H,3H2,1-2H3. The van der Waals surface area contributed by atoms with Gasteiger partial charge in [-0.2, -0.15) is 0 Å². The average Bonchev–Trinajstić information content (AvgIpc) is 1.27. The molecule has 42 valence electrons. The Labute approximate surface area is 43.2 Å². The Bertz CT molecular complexity index is 66.5. The maximum absolute atomic E-state index is 10.1. The number of aliphatic hydroxyl groups excluding tert-OH is 1. The Morgan fingerprint density at radius 3 is 2.29 bits per heavy atom. The third-order valence-corrected chi connectivity index (χ3v) is 0.583. The molecule has 2 nitrogen and oxygen atoms in total. The van der Waals surface area contributed by atoms with Gasteiger partial charge in [0.05, 0.1) is 6.10 Å². The lowest BCUT2D eigenvalue weighted by Gasteiger charge is -1.95. The molecule has 0 saturated carbocycles. The van der Waals surface area contributed by atoms with E-state index in [0.717, 1.165) is 0 Å². The first kappa shape index (κ1) is 6.63. The molecule has 0 aromatic heterocycles. The van der Waals surface area contributed by atoms with Crippen LogP contribution in [0.4, 0.5) is 0 Å². The van der Waals surface area contributed by atoms with Crippen LogP contribution >= 0.6 is 0 Å². The zero-order valence-corrected chi connectivity index (χ0v) is 4.64. The predicted octanol–water partition coefficient (Wildman–Crippen LogP) is 0.346. The minimum Gasteiger partial charge on any atom is -0.393 e. The first-order chi connectivity index (χ1) is 3.13. The number of carbonyl (C=O) groups excluding carboxylic acids is 1. The highest BCUT2D eigenvalue weighted by atomic mass is 16.3. The molecule has 0 aromatic carbocycles. The van der Waals surface area contributed by atoms with Gasteiger partial charge in [0.15, 0.2) is 0 Å². The Kier molecular flexibility index (Phi) is 2.60. The Hall–Kier alpha value is -0.370. The van der Waals surface area contributed by atoms with Crippen molar-refractivity contribution in [2.24, 2.45) is 0 Å². The zero-order valence-electron chi connectivity index (χ0n) is 4.64. The molecule has 1 unspecified atom stereocenters. The van der Waals surface area contributed by atoms with Crippen LogP contribution in [0, 0.1) is 0 Å². The summed E-state index contributed by atoms with van der Waals surface area (Å²) < 4.78 is 0. The van der Waals surface area contributed by atoms with Gasteiger partial charge in [0.25, 0.3) is 0 Å². The second kappa shape index (κ2) is 2.75. The number of aliphatic hydroxyl groups is 1. The molecule has 0 aliphatic rings. The van der Waals surface area contributed by atoms with Gasteiger partial charge < -0.3 is 5.11 Å². The van der Waals surface area contributed by atoms with Crippen LogP contribution in [0.15, 0.2) is 0 Å². The van der Waals surface area contributed by atoms with Crippen LogP contribution in [0.3, 0.4) is 0 Å². The first-order valence-electron chi connectivity index (χ1n) is 2.30. The van der Waals surface area contributed by atoms with Crippen molar-refractivity contribution in [2.45, 2.75) is 26.4 Å². The molecule has 0 bridgehead atoms. The average molecular weight is 102 g/mol. The maximum atomic E-state index is 10.1. The van der Waals surface area contributed by atoms with Crippen LogP contribution in [-0.2, 0) is 4.79 Å². The van der Waals surface area contributed by atoms with Crippen LogP contribution < -0.4 is 0 Å². The lowest BCUT2D eigenvalue weighted by Crippen LogP contribution is -2.04. The fourth-order valence-corrected chi connectivity index (χ4v) is 0.416. The van der Waals surface area contributed by atoms with Gasteiger partial charge >= 0.3 is 0 Å². The van der Waals surface area contributed by atoms with E-state index in [2.05, 4.69) is 0 Å². The summed E-state index contributed by atoms with van der Waals surface area (Å²) >= 11 is 0. The molecular formula is C5H10O2. The van der Waals surface area contributed by atoms with Crippen molar-refractivity contribution in [3.63, 3.8) is 0 Å².